The summed E-state index contributed by atoms with van der Waals surface area (Å²) in [6.07, 6.45) is 0. The van der Waals surface area contributed by atoms with E-state index in [-0.39, 0.29) is 10.7 Å². The molecule has 0 aromatic heterocycles. The Kier molecular flexibility index (Phi) is 4.47. The molecule has 0 spiro atoms. The lowest BCUT2D eigenvalue weighted by Gasteiger charge is -2.10. The Morgan fingerprint density at radius 2 is 1.85 bits per heavy atom. The number of rotatable bonds is 2. The fourth-order valence-corrected chi connectivity index (χ4v) is 1.95. The molecule has 2 rings (SSSR count). The highest BCUT2D eigenvalue weighted by molar-refractivity contribution is 6.34. The highest BCUT2D eigenvalue weighted by Crippen LogP contribution is 2.25. The molecule has 20 heavy (non-hydrogen) atoms. The normalized spacial score (nSPS) is 10.2. The summed E-state index contributed by atoms with van der Waals surface area (Å²) in [5.41, 5.74) is 1.34. The number of urea groups is 1. The van der Waals surface area contributed by atoms with Crippen molar-refractivity contribution in [3.05, 3.63) is 57.8 Å². The van der Waals surface area contributed by atoms with Crippen LogP contribution in [0.2, 0.25) is 10.0 Å². The zero-order valence-electron chi connectivity index (χ0n) is 10.5. The first-order chi connectivity index (χ1) is 9.47. The summed E-state index contributed by atoms with van der Waals surface area (Å²) in [5, 5.41) is 5.57. The van der Waals surface area contributed by atoms with E-state index < -0.39 is 11.8 Å². The van der Waals surface area contributed by atoms with E-state index in [4.69, 9.17) is 23.2 Å². The second kappa shape index (κ2) is 6.11. The van der Waals surface area contributed by atoms with E-state index >= 15 is 0 Å². The van der Waals surface area contributed by atoms with Crippen LogP contribution in [-0.4, -0.2) is 6.03 Å². The van der Waals surface area contributed by atoms with Crippen LogP contribution in [0.15, 0.2) is 36.4 Å². The van der Waals surface area contributed by atoms with E-state index in [1.807, 2.05) is 6.92 Å². The molecule has 0 bridgehead atoms. The van der Waals surface area contributed by atoms with Gasteiger partial charge in [-0.05, 0) is 36.8 Å². The van der Waals surface area contributed by atoms with Gasteiger partial charge in [-0.3, -0.25) is 0 Å². The Morgan fingerprint density at radius 1 is 1.10 bits per heavy atom. The van der Waals surface area contributed by atoms with Crippen LogP contribution in [0.3, 0.4) is 0 Å². The summed E-state index contributed by atoms with van der Waals surface area (Å²) in [5.74, 6) is -0.602. The Balaban J connectivity index is 2.11. The third kappa shape index (κ3) is 3.40. The van der Waals surface area contributed by atoms with Crippen LogP contribution in [-0.2, 0) is 0 Å². The molecule has 0 fully saturated rings. The number of hydrogen-bond donors (Lipinski definition) is 2. The highest BCUT2D eigenvalue weighted by atomic mass is 35.5. The maximum Gasteiger partial charge on any atom is 0.323 e. The van der Waals surface area contributed by atoms with E-state index in [1.54, 1.807) is 18.2 Å². The fourth-order valence-electron chi connectivity index (χ4n) is 1.56. The van der Waals surface area contributed by atoms with E-state index in [1.165, 1.54) is 18.2 Å². The van der Waals surface area contributed by atoms with Crippen molar-refractivity contribution in [1.82, 2.24) is 0 Å². The molecule has 104 valence electrons. The SMILES string of the molecule is Cc1ccc(NC(=O)Nc2c(F)cccc2Cl)cc1Cl. The number of halogens is 3. The molecule has 2 amide bonds. The molecule has 2 aromatic carbocycles. The first-order valence-corrected chi connectivity index (χ1v) is 6.51. The number of aryl methyl sites for hydroxylation is 1. The number of carbonyl (C=O) groups is 1. The number of carbonyl (C=O) groups excluding carboxylic acids is 1. The van der Waals surface area contributed by atoms with E-state index in [0.717, 1.165) is 5.56 Å². The lowest BCUT2D eigenvalue weighted by Crippen LogP contribution is -2.20. The zero-order valence-corrected chi connectivity index (χ0v) is 12.0. The van der Waals surface area contributed by atoms with Gasteiger partial charge in [-0.25, -0.2) is 9.18 Å². The van der Waals surface area contributed by atoms with Gasteiger partial charge in [-0.15, -0.1) is 0 Å². The van der Waals surface area contributed by atoms with Crippen LogP contribution in [0.25, 0.3) is 0 Å². The Morgan fingerprint density at radius 3 is 2.50 bits per heavy atom. The van der Waals surface area contributed by atoms with Crippen LogP contribution in [0.4, 0.5) is 20.6 Å². The summed E-state index contributed by atoms with van der Waals surface area (Å²) in [6.45, 7) is 1.85. The number of para-hydroxylation sites is 1. The van der Waals surface area contributed by atoms with Gasteiger partial charge in [0.25, 0.3) is 0 Å². The topological polar surface area (TPSA) is 41.1 Å². The van der Waals surface area contributed by atoms with Crippen molar-refractivity contribution in [3.63, 3.8) is 0 Å². The molecular formula is C14H11Cl2FN2O. The molecular weight excluding hydrogens is 302 g/mol. The van der Waals surface area contributed by atoms with Crippen molar-refractivity contribution in [1.29, 1.82) is 0 Å². The maximum absolute atomic E-state index is 13.5. The molecule has 0 saturated carbocycles. The zero-order chi connectivity index (χ0) is 14.7. The smallest absolute Gasteiger partial charge is 0.308 e. The highest BCUT2D eigenvalue weighted by Gasteiger charge is 2.11. The van der Waals surface area contributed by atoms with E-state index in [9.17, 15) is 9.18 Å². The first kappa shape index (κ1) is 14.6. The molecule has 2 aromatic rings. The predicted octanol–water partition coefficient (Wildman–Crippen LogP) is 5.08. The summed E-state index contributed by atoms with van der Waals surface area (Å²) in [6, 6.07) is 8.64. The number of anilines is 2. The number of hydrogen-bond acceptors (Lipinski definition) is 1. The maximum atomic E-state index is 13.5. The summed E-state index contributed by atoms with van der Waals surface area (Å²) >= 11 is 11.8. The summed E-state index contributed by atoms with van der Waals surface area (Å²) < 4.78 is 13.5. The van der Waals surface area contributed by atoms with Crippen molar-refractivity contribution in [2.45, 2.75) is 6.92 Å². The Hall–Kier alpha value is -1.78. The van der Waals surface area contributed by atoms with Crippen LogP contribution < -0.4 is 10.6 Å². The molecule has 0 unspecified atom stereocenters. The molecule has 0 heterocycles. The van der Waals surface area contributed by atoms with Gasteiger partial charge in [0.15, 0.2) is 0 Å². The molecule has 0 aliphatic carbocycles. The average molecular weight is 313 g/mol. The molecule has 3 nitrogen and oxygen atoms in total. The predicted molar refractivity (Wildman–Crippen MR) is 80.2 cm³/mol. The Bertz CT molecular complexity index is 641. The second-order valence-electron chi connectivity index (χ2n) is 4.14. The van der Waals surface area contributed by atoms with Crippen LogP contribution in [0.5, 0.6) is 0 Å². The summed E-state index contributed by atoms with van der Waals surface area (Å²) in [4.78, 5) is 11.8. The molecule has 0 aliphatic heterocycles. The largest absolute Gasteiger partial charge is 0.323 e. The van der Waals surface area contributed by atoms with Gasteiger partial charge in [0.05, 0.1) is 10.7 Å². The van der Waals surface area contributed by atoms with Crippen molar-refractivity contribution in [2.24, 2.45) is 0 Å². The van der Waals surface area contributed by atoms with Crippen molar-refractivity contribution in [2.75, 3.05) is 10.6 Å². The minimum Gasteiger partial charge on any atom is -0.308 e. The van der Waals surface area contributed by atoms with Crippen molar-refractivity contribution in [3.8, 4) is 0 Å². The quantitative estimate of drug-likeness (QED) is 0.797. The average Bonchev–Trinajstić information content (AvgIpc) is 2.38. The van der Waals surface area contributed by atoms with Crippen molar-refractivity contribution >= 4 is 40.6 Å². The van der Waals surface area contributed by atoms with E-state index in [2.05, 4.69) is 10.6 Å². The van der Waals surface area contributed by atoms with Crippen LogP contribution >= 0.6 is 23.2 Å². The number of nitrogens with one attached hydrogen (secondary N) is 2. The first-order valence-electron chi connectivity index (χ1n) is 5.75. The second-order valence-corrected chi connectivity index (χ2v) is 4.95. The van der Waals surface area contributed by atoms with Gasteiger partial charge in [-0.2, -0.15) is 0 Å². The monoisotopic (exact) mass is 312 g/mol. The van der Waals surface area contributed by atoms with Gasteiger partial charge in [-0.1, -0.05) is 35.3 Å². The van der Waals surface area contributed by atoms with Crippen LogP contribution in [0, 0.1) is 12.7 Å². The molecule has 0 radical (unpaired) electrons. The van der Waals surface area contributed by atoms with Gasteiger partial charge >= 0.3 is 6.03 Å². The lowest BCUT2D eigenvalue weighted by atomic mass is 10.2. The lowest BCUT2D eigenvalue weighted by molar-refractivity contribution is 0.262. The molecule has 0 aliphatic rings. The van der Waals surface area contributed by atoms with Gasteiger partial charge in [0.1, 0.15) is 5.82 Å². The minimum absolute atomic E-state index is 0.0649. The minimum atomic E-state index is -0.602. The molecule has 6 heteroatoms. The summed E-state index contributed by atoms with van der Waals surface area (Å²) in [7, 11) is 0. The van der Waals surface area contributed by atoms with Gasteiger partial charge < -0.3 is 10.6 Å². The molecule has 0 saturated heterocycles. The third-order valence-corrected chi connectivity index (χ3v) is 3.35. The van der Waals surface area contributed by atoms with Gasteiger partial charge in [0, 0.05) is 10.7 Å². The molecule has 0 atom stereocenters. The fraction of sp³-hybridized carbons (Fsp3) is 0.0714. The Labute approximate surface area is 125 Å². The van der Waals surface area contributed by atoms with Crippen molar-refractivity contribution < 1.29 is 9.18 Å². The van der Waals surface area contributed by atoms with Gasteiger partial charge in [0.2, 0.25) is 0 Å². The van der Waals surface area contributed by atoms with Crippen LogP contribution in [0.1, 0.15) is 5.56 Å². The number of amides is 2. The molecule has 2 N–H and O–H groups in total. The number of benzene rings is 2. The third-order valence-electron chi connectivity index (χ3n) is 2.63. The standard InChI is InChI=1S/C14H11Cl2FN2O/c1-8-5-6-9(7-11(8)16)18-14(20)19-13-10(15)3-2-4-12(13)17/h2-7H,1H3,(H2,18,19,20). The van der Waals surface area contributed by atoms with E-state index in [0.29, 0.717) is 10.7 Å².